The molecule has 4 atom stereocenters. The second-order valence-electron chi connectivity index (χ2n) is 2.79. The molecule has 0 aromatic rings. The summed E-state index contributed by atoms with van der Waals surface area (Å²) in [6.45, 7) is 0.273. The van der Waals surface area contributed by atoms with Gasteiger partial charge in [-0.1, -0.05) is 0 Å². The van der Waals surface area contributed by atoms with Crippen LogP contribution in [0.2, 0.25) is 0 Å². The van der Waals surface area contributed by atoms with E-state index >= 15 is 0 Å². The second kappa shape index (κ2) is 5.25. The third-order valence-corrected chi connectivity index (χ3v) is 1.65. The van der Waals surface area contributed by atoms with Gasteiger partial charge in [-0.25, -0.2) is 0 Å². The average Bonchev–Trinajstić information content (AvgIpc) is 2.12. The quantitative estimate of drug-likeness (QED) is 0.318. The molecule has 6 heteroatoms. The molecular formula is C7H14O6. The van der Waals surface area contributed by atoms with Gasteiger partial charge in [0.1, 0.15) is 24.9 Å². The van der Waals surface area contributed by atoms with Crippen LogP contribution in [0.1, 0.15) is 6.92 Å². The number of aliphatic hydroxyl groups is 5. The number of ketones is 1. The van der Waals surface area contributed by atoms with Crippen molar-refractivity contribution < 1.29 is 30.3 Å². The Balaban J connectivity index is 4.24. The van der Waals surface area contributed by atoms with E-state index in [1.807, 2.05) is 0 Å². The Kier molecular flexibility index (Phi) is 5.04. The van der Waals surface area contributed by atoms with Crippen LogP contribution in [0.5, 0.6) is 0 Å². The van der Waals surface area contributed by atoms with E-state index in [1.165, 1.54) is 6.92 Å². The maximum absolute atomic E-state index is 10.6. The lowest BCUT2D eigenvalue weighted by molar-refractivity contribution is -0.146. The van der Waals surface area contributed by atoms with Gasteiger partial charge in [0, 0.05) is 0 Å². The molecular weight excluding hydrogens is 180 g/mol. The van der Waals surface area contributed by atoms with Crippen LogP contribution < -0.4 is 0 Å². The van der Waals surface area contributed by atoms with E-state index in [2.05, 4.69) is 0 Å². The SMILES string of the molecule is C[C@H](O)[C@H](O)[C@H](O)[C@H](O)C(=O)CO. The predicted octanol–water partition coefficient (Wildman–Crippen LogP) is -2.99. The average molecular weight is 194 g/mol. The van der Waals surface area contributed by atoms with Crippen LogP contribution in [0.25, 0.3) is 0 Å². The molecule has 0 saturated carbocycles. The Labute approximate surface area is 75.1 Å². The molecule has 6 nitrogen and oxygen atoms in total. The molecule has 78 valence electrons. The van der Waals surface area contributed by atoms with E-state index < -0.39 is 36.8 Å². The van der Waals surface area contributed by atoms with E-state index in [4.69, 9.17) is 25.5 Å². The van der Waals surface area contributed by atoms with Gasteiger partial charge in [-0.05, 0) is 6.92 Å². The normalized spacial score (nSPS) is 20.5. The molecule has 5 N–H and O–H groups in total. The number of Topliss-reactive ketones (excluding diaryl/α,β-unsaturated/α-hetero) is 1. The molecule has 0 radical (unpaired) electrons. The summed E-state index contributed by atoms with van der Waals surface area (Å²) in [6.07, 6.45) is -6.56. The van der Waals surface area contributed by atoms with Crippen molar-refractivity contribution in [1.82, 2.24) is 0 Å². The smallest absolute Gasteiger partial charge is 0.189 e. The molecule has 0 spiro atoms. The Morgan fingerprint density at radius 1 is 1.15 bits per heavy atom. The first-order valence-electron chi connectivity index (χ1n) is 3.77. The highest BCUT2D eigenvalue weighted by molar-refractivity contribution is 5.84. The van der Waals surface area contributed by atoms with Crippen molar-refractivity contribution >= 4 is 5.78 Å². The largest absolute Gasteiger partial charge is 0.391 e. The molecule has 0 aliphatic carbocycles. The monoisotopic (exact) mass is 194 g/mol. The minimum Gasteiger partial charge on any atom is -0.391 e. The molecule has 0 aliphatic heterocycles. The van der Waals surface area contributed by atoms with Crippen molar-refractivity contribution in [2.24, 2.45) is 0 Å². The van der Waals surface area contributed by atoms with Crippen LogP contribution in [-0.4, -0.2) is 62.3 Å². The first-order chi connectivity index (χ1) is 5.91. The molecule has 0 fully saturated rings. The molecule has 0 aromatic carbocycles. The van der Waals surface area contributed by atoms with Gasteiger partial charge in [0.25, 0.3) is 0 Å². The van der Waals surface area contributed by atoms with E-state index in [-0.39, 0.29) is 0 Å². The van der Waals surface area contributed by atoms with Crippen molar-refractivity contribution in [3.05, 3.63) is 0 Å². The molecule has 13 heavy (non-hydrogen) atoms. The van der Waals surface area contributed by atoms with Crippen molar-refractivity contribution in [3.63, 3.8) is 0 Å². The summed E-state index contributed by atoms with van der Waals surface area (Å²) in [4.78, 5) is 10.6. The van der Waals surface area contributed by atoms with Crippen molar-refractivity contribution in [3.8, 4) is 0 Å². The Hall–Kier alpha value is -0.530. The zero-order chi connectivity index (χ0) is 10.6. The molecule has 0 bridgehead atoms. The predicted molar refractivity (Wildman–Crippen MR) is 41.8 cm³/mol. The van der Waals surface area contributed by atoms with Gasteiger partial charge in [0.05, 0.1) is 6.10 Å². The van der Waals surface area contributed by atoms with Crippen LogP contribution in [0.4, 0.5) is 0 Å². The molecule has 0 aliphatic rings. The summed E-state index contributed by atoms with van der Waals surface area (Å²) in [6, 6.07) is 0. The molecule has 0 unspecified atom stereocenters. The van der Waals surface area contributed by atoms with Gasteiger partial charge in [0.2, 0.25) is 0 Å². The Bertz CT molecular complexity index is 168. The number of hydrogen-bond donors (Lipinski definition) is 5. The number of carbonyl (C=O) groups excluding carboxylic acids is 1. The third-order valence-electron chi connectivity index (χ3n) is 1.65. The van der Waals surface area contributed by atoms with Crippen LogP contribution in [0.3, 0.4) is 0 Å². The molecule has 0 amide bonds. The number of aliphatic hydroxyl groups excluding tert-OH is 5. The highest BCUT2D eigenvalue weighted by atomic mass is 16.4. The highest BCUT2D eigenvalue weighted by Crippen LogP contribution is 2.05. The highest BCUT2D eigenvalue weighted by Gasteiger charge is 2.31. The van der Waals surface area contributed by atoms with Gasteiger partial charge in [-0.2, -0.15) is 0 Å². The van der Waals surface area contributed by atoms with Crippen LogP contribution >= 0.6 is 0 Å². The first-order valence-corrected chi connectivity index (χ1v) is 3.77. The molecule has 0 heterocycles. The fraction of sp³-hybridized carbons (Fsp3) is 0.857. The molecule has 0 aromatic heterocycles. The van der Waals surface area contributed by atoms with Gasteiger partial charge in [-0.15, -0.1) is 0 Å². The summed E-state index contributed by atoms with van der Waals surface area (Å²) in [5.41, 5.74) is 0. The first kappa shape index (κ1) is 12.5. The maximum Gasteiger partial charge on any atom is 0.189 e. The summed E-state index contributed by atoms with van der Waals surface area (Å²) in [5.74, 6) is -1.01. The third kappa shape index (κ3) is 3.37. The minimum absolute atomic E-state index is 0.926. The number of carbonyl (C=O) groups is 1. The lowest BCUT2D eigenvalue weighted by Crippen LogP contribution is -2.47. The zero-order valence-electron chi connectivity index (χ0n) is 7.16. The van der Waals surface area contributed by atoms with E-state index in [1.54, 1.807) is 0 Å². The van der Waals surface area contributed by atoms with Crippen molar-refractivity contribution in [1.29, 1.82) is 0 Å². The fourth-order valence-corrected chi connectivity index (χ4v) is 0.756. The number of rotatable bonds is 5. The minimum atomic E-state index is -1.88. The fourth-order valence-electron chi connectivity index (χ4n) is 0.756. The Morgan fingerprint density at radius 3 is 1.92 bits per heavy atom. The van der Waals surface area contributed by atoms with E-state index in [0.29, 0.717) is 0 Å². The lowest BCUT2D eigenvalue weighted by Gasteiger charge is -2.23. The van der Waals surface area contributed by atoms with Crippen LogP contribution in [0.15, 0.2) is 0 Å². The van der Waals surface area contributed by atoms with E-state index in [0.717, 1.165) is 0 Å². The van der Waals surface area contributed by atoms with Crippen molar-refractivity contribution in [2.75, 3.05) is 6.61 Å². The molecule has 0 saturated heterocycles. The standard InChI is InChI=1S/C7H14O6/c1-3(9)5(11)7(13)6(12)4(10)2-8/h3,5-9,11-13H,2H2,1H3/t3-,5-,6+,7-/m0/s1. The zero-order valence-corrected chi connectivity index (χ0v) is 7.16. The van der Waals surface area contributed by atoms with Gasteiger partial charge in [-0.3, -0.25) is 4.79 Å². The van der Waals surface area contributed by atoms with Crippen molar-refractivity contribution in [2.45, 2.75) is 31.3 Å². The summed E-state index contributed by atoms with van der Waals surface area (Å²) < 4.78 is 0. The van der Waals surface area contributed by atoms with Gasteiger partial charge in [0.15, 0.2) is 5.78 Å². The number of hydrogen-bond acceptors (Lipinski definition) is 6. The van der Waals surface area contributed by atoms with Crippen LogP contribution in [-0.2, 0) is 4.79 Å². The maximum atomic E-state index is 10.6. The van der Waals surface area contributed by atoms with Crippen LogP contribution in [0, 0.1) is 0 Å². The summed E-state index contributed by atoms with van der Waals surface area (Å²) >= 11 is 0. The lowest BCUT2D eigenvalue weighted by atomic mass is 10.0. The molecule has 0 rings (SSSR count). The Morgan fingerprint density at radius 2 is 1.62 bits per heavy atom. The topological polar surface area (TPSA) is 118 Å². The second-order valence-corrected chi connectivity index (χ2v) is 2.79. The van der Waals surface area contributed by atoms with E-state index in [9.17, 15) is 4.79 Å². The summed E-state index contributed by atoms with van der Waals surface area (Å²) in [5, 5.41) is 44.2. The van der Waals surface area contributed by atoms with Gasteiger partial charge < -0.3 is 25.5 Å². The van der Waals surface area contributed by atoms with Gasteiger partial charge >= 0.3 is 0 Å². The summed E-state index contributed by atoms with van der Waals surface area (Å²) in [7, 11) is 0.